The number of benzene rings is 3. The Labute approximate surface area is 180 Å². The highest BCUT2D eigenvalue weighted by Crippen LogP contribution is 2.17. The van der Waals surface area contributed by atoms with Crippen LogP contribution in [-0.4, -0.2) is 16.9 Å². The van der Waals surface area contributed by atoms with Crippen LogP contribution in [0.2, 0.25) is 0 Å². The van der Waals surface area contributed by atoms with Gasteiger partial charge in [0.05, 0.1) is 11.3 Å². The van der Waals surface area contributed by atoms with Crippen LogP contribution in [0.5, 0.6) is 0 Å². The summed E-state index contributed by atoms with van der Waals surface area (Å²) in [7, 11) is 0. The van der Waals surface area contributed by atoms with Crippen LogP contribution >= 0.6 is 12.2 Å². The Balaban J connectivity index is 1.61. The lowest BCUT2D eigenvalue weighted by molar-refractivity contribution is -0.115. The van der Waals surface area contributed by atoms with Gasteiger partial charge in [-0.15, -0.1) is 0 Å². The third-order valence-corrected chi connectivity index (χ3v) is 4.40. The lowest BCUT2D eigenvalue weighted by Crippen LogP contribution is -2.33. The predicted molar refractivity (Wildman–Crippen MR) is 125 cm³/mol. The van der Waals surface area contributed by atoms with E-state index in [-0.39, 0.29) is 16.9 Å². The Morgan fingerprint density at radius 1 is 0.833 bits per heavy atom. The summed E-state index contributed by atoms with van der Waals surface area (Å²) in [5.41, 5.74) is 3.66. The molecule has 6 heteroatoms. The van der Waals surface area contributed by atoms with Crippen LogP contribution in [0.15, 0.2) is 84.9 Å². The molecule has 0 saturated heterocycles. The number of carbonyl (C=O) groups excluding carboxylic acids is 2. The SMILES string of the molecule is Cc1ccc(/C=C/C(=O)NC(=S)Nc2ccccc2C(=O)Nc2ccccc2)cc1. The van der Waals surface area contributed by atoms with Crippen molar-refractivity contribution in [2.75, 3.05) is 10.6 Å². The number of nitrogens with one attached hydrogen (secondary N) is 3. The Hall–Kier alpha value is -3.77. The van der Waals surface area contributed by atoms with Crippen molar-refractivity contribution >= 4 is 46.6 Å². The van der Waals surface area contributed by atoms with Crippen LogP contribution in [0.25, 0.3) is 6.08 Å². The van der Waals surface area contributed by atoms with E-state index in [0.29, 0.717) is 16.9 Å². The van der Waals surface area contributed by atoms with Crippen molar-refractivity contribution in [3.05, 3.63) is 102 Å². The number of aryl methyl sites for hydroxylation is 1. The van der Waals surface area contributed by atoms with Crippen molar-refractivity contribution in [1.82, 2.24) is 5.32 Å². The molecule has 0 aliphatic carbocycles. The monoisotopic (exact) mass is 415 g/mol. The number of para-hydroxylation sites is 2. The van der Waals surface area contributed by atoms with Gasteiger partial charge in [-0.05, 0) is 55.0 Å². The highest BCUT2D eigenvalue weighted by molar-refractivity contribution is 7.80. The topological polar surface area (TPSA) is 70.2 Å². The zero-order valence-electron chi connectivity index (χ0n) is 16.4. The van der Waals surface area contributed by atoms with Crippen molar-refractivity contribution in [2.45, 2.75) is 6.92 Å². The van der Waals surface area contributed by atoms with E-state index in [1.54, 1.807) is 42.5 Å². The second-order valence-electron chi connectivity index (χ2n) is 6.55. The fourth-order valence-electron chi connectivity index (χ4n) is 2.67. The van der Waals surface area contributed by atoms with Gasteiger partial charge in [0.1, 0.15) is 0 Å². The first-order valence-electron chi connectivity index (χ1n) is 9.33. The molecule has 3 aromatic carbocycles. The van der Waals surface area contributed by atoms with Gasteiger partial charge in [0.15, 0.2) is 5.11 Å². The second-order valence-corrected chi connectivity index (χ2v) is 6.96. The fraction of sp³-hybridized carbons (Fsp3) is 0.0417. The highest BCUT2D eigenvalue weighted by Gasteiger charge is 2.12. The maximum Gasteiger partial charge on any atom is 0.257 e. The molecular formula is C24H21N3O2S. The molecule has 0 heterocycles. The smallest absolute Gasteiger partial charge is 0.257 e. The quantitative estimate of drug-likeness (QED) is 0.415. The van der Waals surface area contributed by atoms with Gasteiger partial charge in [0.2, 0.25) is 5.91 Å². The predicted octanol–water partition coefficient (Wildman–Crippen LogP) is 4.77. The molecule has 3 N–H and O–H groups in total. The third kappa shape index (κ3) is 6.12. The number of anilines is 2. The van der Waals surface area contributed by atoms with Crippen molar-refractivity contribution in [3.8, 4) is 0 Å². The van der Waals surface area contributed by atoms with Gasteiger partial charge in [-0.2, -0.15) is 0 Å². The second kappa shape index (κ2) is 10.1. The molecular weight excluding hydrogens is 394 g/mol. The Morgan fingerprint density at radius 3 is 2.23 bits per heavy atom. The maximum atomic E-state index is 12.6. The van der Waals surface area contributed by atoms with E-state index in [1.807, 2.05) is 49.4 Å². The number of hydrogen-bond acceptors (Lipinski definition) is 3. The molecule has 0 atom stereocenters. The average molecular weight is 416 g/mol. The van der Waals surface area contributed by atoms with Gasteiger partial charge in [0.25, 0.3) is 5.91 Å². The van der Waals surface area contributed by atoms with Gasteiger partial charge in [-0.25, -0.2) is 0 Å². The van der Waals surface area contributed by atoms with Gasteiger partial charge in [0, 0.05) is 11.8 Å². The molecule has 3 rings (SSSR count). The summed E-state index contributed by atoms with van der Waals surface area (Å²) in [4.78, 5) is 24.8. The molecule has 0 saturated carbocycles. The number of thiocarbonyl (C=S) groups is 1. The van der Waals surface area contributed by atoms with Crippen LogP contribution in [0.3, 0.4) is 0 Å². The summed E-state index contributed by atoms with van der Waals surface area (Å²) in [5.74, 6) is -0.642. The lowest BCUT2D eigenvalue weighted by Gasteiger charge is -2.13. The zero-order chi connectivity index (χ0) is 21.3. The molecule has 0 aliphatic heterocycles. The molecule has 0 fully saturated rings. The summed E-state index contributed by atoms with van der Waals surface area (Å²) in [6.07, 6.45) is 3.12. The normalized spacial score (nSPS) is 10.4. The minimum Gasteiger partial charge on any atom is -0.332 e. The van der Waals surface area contributed by atoms with Crippen LogP contribution < -0.4 is 16.0 Å². The van der Waals surface area contributed by atoms with Crippen molar-refractivity contribution < 1.29 is 9.59 Å². The van der Waals surface area contributed by atoms with Crippen LogP contribution in [0.4, 0.5) is 11.4 Å². The van der Waals surface area contributed by atoms with E-state index in [2.05, 4.69) is 16.0 Å². The minimum atomic E-state index is -0.362. The van der Waals surface area contributed by atoms with Gasteiger partial charge < -0.3 is 10.6 Å². The van der Waals surface area contributed by atoms with Gasteiger partial charge >= 0.3 is 0 Å². The average Bonchev–Trinajstić information content (AvgIpc) is 2.74. The largest absolute Gasteiger partial charge is 0.332 e. The molecule has 2 amide bonds. The molecule has 30 heavy (non-hydrogen) atoms. The van der Waals surface area contributed by atoms with E-state index in [0.717, 1.165) is 11.1 Å². The summed E-state index contributed by atoms with van der Waals surface area (Å²) in [6.45, 7) is 2.00. The number of rotatable bonds is 5. The van der Waals surface area contributed by atoms with Crippen LogP contribution in [0, 0.1) is 6.92 Å². The zero-order valence-corrected chi connectivity index (χ0v) is 17.2. The van der Waals surface area contributed by atoms with Crippen molar-refractivity contribution in [2.24, 2.45) is 0 Å². The van der Waals surface area contributed by atoms with Crippen molar-refractivity contribution in [3.63, 3.8) is 0 Å². The molecule has 150 valence electrons. The Bertz CT molecular complexity index is 1080. The molecule has 5 nitrogen and oxygen atoms in total. The summed E-state index contributed by atoms with van der Waals surface area (Å²) < 4.78 is 0. The first kappa shape index (κ1) is 21.0. The Morgan fingerprint density at radius 2 is 1.50 bits per heavy atom. The first-order valence-corrected chi connectivity index (χ1v) is 9.74. The maximum absolute atomic E-state index is 12.6. The number of carbonyl (C=O) groups is 2. The number of amides is 2. The highest BCUT2D eigenvalue weighted by atomic mass is 32.1. The van der Waals surface area contributed by atoms with E-state index >= 15 is 0 Å². The van der Waals surface area contributed by atoms with E-state index < -0.39 is 0 Å². The molecule has 0 aliphatic rings. The summed E-state index contributed by atoms with van der Waals surface area (Å²) in [6, 6.07) is 23.9. The molecule has 0 aromatic heterocycles. The molecule has 0 bridgehead atoms. The first-order chi connectivity index (χ1) is 14.5. The van der Waals surface area contributed by atoms with Crippen LogP contribution in [0.1, 0.15) is 21.5 Å². The standard InChI is InChI=1S/C24H21N3O2S/c1-17-11-13-18(14-12-17)15-16-22(28)27-24(30)26-21-10-6-5-9-20(21)23(29)25-19-7-3-2-4-8-19/h2-16H,1H3,(H,25,29)(H2,26,27,28,30)/b16-15+. The molecule has 0 unspecified atom stereocenters. The van der Waals surface area contributed by atoms with Crippen molar-refractivity contribution in [1.29, 1.82) is 0 Å². The van der Waals surface area contributed by atoms with E-state index in [9.17, 15) is 9.59 Å². The molecule has 0 spiro atoms. The van der Waals surface area contributed by atoms with Gasteiger partial charge in [-0.1, -0.05) is 60.2 Å². The summed E-state index contributed by atoms with van der Waals surface area (Å²) in [5, 5.41) is 8.45. The number of hydrogen-bond donors (Lipinski definition) is 3. The van der Waals surface area contributed by atoms with E-state index in [4.69, 9.17) is 12.2 Å². The fourth-order valence-corrected chi connectivity index (χ4v) is 2.88. The third-order valence-electron chi connectivity index (χ3n) is 4.19. The van der Waals surface area contributed by atoms with Gasteiger partial charge in [-0.3, -0.25) is 14.9 Å². The van der Waals surface area contributed by atoms with E-state index in [1.165, 1.54) is 6.08 Å². The lowest BCUT2D eigenvalue weighted by atomic mass is 10.1. The minimum absolute atomic E-state index is 0.105. The molecule has 3 aromatic rings. The Kier molecular flexibility index (Phi) is 7.08. The van der Waals surface area contributed by atoms with Crippen LogP contribution in [-0.2, 0) is 4.79 Å². The molecule has 0 radical (unpaired) electrons. The summed E-state index contributed by atoms with van der Waals surface area (Å²) >= 11 is 5.23.